The van der Waals surface area contributed by atoms with Crippen LogP contribution in [0.25, 0.3) is 0 Å². The van der Waals surface area contributed by atoms with Crippen molar-refractivity contribution in [3.05, 3.63) is 93.6 Å². The second-order valence-corrected chi connectivity index (χ2v) is 10.4. The van der Waals surface area contributed by atoms with Gasteiger partial charge < -0.3 is 15.4 Å². The van der Waals surface area contributed by atoms with Crippen molar-refractivity contribution in [2.45, 2.75) is 46.5 Å². The summed E-state index contributed by atoms with van der Waals surface area (Å²) in [7, 11) is 1.53. The lowest BCUT2D eigenvalue weighted by Gasteiger charge is -2.20. The molecule has 7 nitrogen and oxygen atoms in total. The number of methoxy groups -OCH3 is 1. The van der Waals surface area contributed by atoms with Gasteiger partial charge in [-0.15, -0.1) is 0 Å². The zero-order valence-corrected chi connectivity index (χ0v) is 23.6. The average molecular weight is 546 g/mol. The molecule has 0 spiro atoms. The minimum atomic E-state index is -0.632. The first kappa shape index (κ1) is 27.9. The lowest BCUT2D eigenvalue weighted by atomic mass is 9.92. The Kier molecular flexibility index (Phi) is 8.11. The lowest BCUT2D eigenvalue weighted by molar-refractivity contribution is -0.120. The lowest BCUT2D eigenvalue weighted by Crippen LogP contribution is -2.32. The third kappa shape index (κ3) is 5.54. The molecule has 1 heterocycles. The molecule has 1 aliphatic heterocycles. The first-order valence-electron chi connectivity index (χ1n) is 12.8. The van der Waals surface area contributed by atoms with Gasteiger partial charge in [-0.3, -0.25) is 14.4 Å². The largest absolute Gasteiger partial charge is 0.497 e. The summed E-state index contributed by atoms with van der Waals surface area (Å²) in [5, 5.41) is 5.90. The molecule has 0 saturated heterocycles. The number of nitrogens with one attached hydrogen (secondary N) is 2. The number of benzene rings is 3. The van der Waals surface area contributed by atoms with Crippen molar-refractivity contribution >= 4 is 46.4 Å². The summed E-state index contributed by atoms with van der Waals surface area (Å²) in [6.45, 7) is 10.2. The Morgan fingerprint density at radius 3 is 2.08 bits per heavy atom. The number of aryl methyl sites for hydroxylation is 1. The van der Waals surface area contributed by atoms with E-state index in [9.17, 15) is 14.4 Å². The maximum Gasteiger partial charge on any atom is 0.283 e. The fourth-order valence-electron chi connectivity index (χ4n) is 4.49. The maximum absolute atomic E-state index is 13.4. The van der Waals surface area contributed by atoms with Crippen LogP contribution in [0.2, 0.25) is 0 Å². The van der Waals surface area contributed by atoms with E-state index < -0.39 is 11.8 Å². The van der Waals surface area contributed by atoms with Crippen molar-refractivity contribution in [3.63, 3.8) is 0 Å². The number of anilines is 3. The zero-order valence-electron chi connectivity index (χ0n) is 22.9. The van der Waals surface area contributed by atoms with Gasteiger partial charge in [0.25, 0.3) is 17.7 Å². The third-order valence-electron chi connectivity index (χ3n) is 6.73. The predicted molar refractivity (Wildman–Crippen MR) is 156 cm³/mol. The molecule has 0 atom stereocenters. The summed E-state index contributed by atoms with van der Waals surface area (Å²) in [6, 6.07) is 17.8. The highest BCUT2D eigenvalue weighted by molar-refractivity contribution is 6.53. The molecule has 202 valence electrons. The number of nitrogens with zero attached hydrogens (tertiary/aromatic N) is 1. The van der Waals surface area contributed by atoms with E-state index in [0.29, 0.717) is 22.7 Å². The molecule has 0 saturated carbocycles. The summed E-state index contributed by atoms with van der Waals surface area (Å²) < 4.78 is 5.15. The predicted octanol–water partition coefficient (Wildman–Crippen LogP) is 6.94. The second-order valence-electron chi connectivity index (χ2n) is 10.1. The number of ether oxygens (including phenoxy) is 1. The van der Waals surface area contributed by atoms with Crippen LogP contribution in [0.15, 0.2) is 71.4 Å². The van der Waals surface area contributed by atoms with E-state index in [4.69, 9.17) is 16.3 Å². The Balaban J connectivity index is 1.61. The maximum atomic E-state index is 13.4. The van der Waals surface area contributed by atoms with Gasteiger partial charge in [0.05, 0.1) is 12.8 Å². The van der Waals surface area contributed by atoms with Gasteiger partial charge in [-0.2, -0.15) is 0 Å². The Morgan fingerprint density at radius 1 is 0.897 bits per heavy atom. The van der Waals surface area contributed by atoms with Crippen molar-refractivity contribution in [2.75, 3.05) is 22.6 Å². The number of halogens is 1. The van der Waals surface area contributed by atoms with Crippen LogP contribution in [0.3, 0.4) is 0 Å². The van der Waals surface area contributed by atoms with Gasteiger partial charge in [0.2, 0.25) is 0 Å². The number of para-hydroxylation sites is 1. The van der Waals surface area contributed by atoms with Crippen LogP contribution < -0.4 is 20.3 Å². The molecule has 2 N–H and O–H groups in total. The fourth-order valence-corrected chi connectivity index (χ4v) is 4.70. The number of carbonyl (C=O) groups is 3. The van der Waals surface area contributed by atoms with E-state index in [-0.39, 0.29) is 28.5 Å². The van der Waals surface area contributed by atoms with Crippen LogP contribution in [0.5, 0.6) is 5.75 Å². The summed E-state index contributed by atoms with van der Waals surface area (Å²) >= 11 is 6.33. The molecule has 0 bridgehead atoms. The van der Waals surface area contributed by atoms with Crippen LogP contribution in [0, 0.1) is 6.92 Å². The third-order valence-corrected chi connectivity index (χ3v) is 7.08. The topological polar surface area (TPSA) is 87.7 Å². The molecule has 39 heavy (non-hydrogen) atoms. The normalized spacial score (nSPS) is 13.5. The smallest absolute Gasteiger partial charge is 0.283 e. The van der Waals surface area contributed by atoms with Crippen LogP contribution in [-0.4, -0.2) is 24.8 Å². The Morgan fingerprint density at radius 2 is 1.51 bits per heavy atom. The molecule has 3 aromatic carbocycles. The summed E-state index contributed by atoms with van der Waals surface area (Å²) in [4.78, 5) is 40.6. The van der Waals surface area contributed by atoms with Crippen LogP contribution in [0.4, 0.5) is 17.1 Å². The fraction of sp³-hybridized carbons (Fsp3) is 0.258. The van der Waals surface area contributed by atoms with Gasteiger partial charge in [0.1, 0.15) is 16.5 Å². The molecule has 0 radical (unpaired) electrons. The Labute approximate surface area is 233 Å². The molecule has 0 fully saturated rings. The molecule has 1 aliphatic rings. The van der Waals surface area contributed by atoms with E-state index in [2.05, 4.69) is 38.3 Å². The highest BCUT2D eigenvalue weighted by Gasteiger charge is 2.39. The van der Waals surface area contributed by atoms with Gasteiger partial charge in [-0.05, 0) is 71.8 Å². The van der Waals surface area contributed by atoms with Gasteiger partial charge in [-0.25, -0.2) is 4.90 Å². The molecule has 4 rings (SSSR count). The van der Waals surface area contributed by atoms with Crippen molar-refractivity contribution in [2.24, 2.45) is 0 Å². The number of imide groups is 1. The van der Waals surface area contributed by atoms with E-state index >= 15 is 0 Å². The first-order valence-corrected chi connectivity index (χ1v) is 13.2. The van der Waals surface area contributed by atoms with Gasteiger partial charge >= 0.3 is 0 Å². The Bertz CT molecular complexity index is 1450. The number of amides is 3. The highest BCUT2D eigenvalue weighted by Crippen LogP contribution is 2.34. The minimum absolute atomic E-state index is 0.0506. The van der Waals surface area contributed by atoms with Crippen molar-refractivity contribution in [1.82, 2.24) is 0 Å². The molecular formula is C31H32ClN3O4. The molecule has 3 aromatic rings. The van der Waals surface area contributed by atoms with Crippen LogP contribution in [-0.2, 0) is 9.59 Å². The summed E-state index contributed by atoms with van der Waals surface area (Å²) in [5.74, 6) is -0.450. The van der Waals surface area contributed by atoms with E-state index in [1.54, 1.807) is 42.5 Å². The van der Waals surface area contributed by atoms with Crippen LogP contribution >= 0.6 is 11.6 Å². The van der Waals surface area contributed by atoms with E-state index in [1.165, 1.54) is 7.11 Å². The molecule has 0 aliphatic carbocycles. The molecule has 0 aromatic heterocycles. The summed E-state index contributed by atoms with van der Waals surface area (Å²) in [5.41, 5.74) is 4.93. The van der Waals surface area contributed by atoms with Crippen molar-refractivity contribution in [1.29, 1.82) is 0 Å². The van der Waals surface area contributed by atoms with E-state index in [0.717, 1.165) is 27.3 Å². The average Bonchev–Trinajstić information content (AvgIpc) is 3.12. The summed E-state index contributed by atoms with van der Waals surface area (Å²) in [6.07, 6.45) is 0. The van der Waals surface area contributed by atoms with Gasteiger partial charge in [0.15, 0.2) is 0 Å². The number of hydrogen-bond donors (Lipinski definition) is 2. The first-order chi connectivity index (χ1) is 18.5. The van der Waals surface area contributed by atoms with Gasteiger partial charge in [0, 0.05) is 16.9 Å². The monoisotopic (exact) mass is 545 g/mol. The quantitative estimate of drug-likeness (QED) is 0.299. The number of rotatable bonds is 8. The van der Waals surface area contributed by atoms with E-state index in [1.807, 2.05) is 25.1 Å². The van der Waals surface area contributed by atoms with Gasteiger partial charge in [-0.1, -0.05) is 63.6 Å². The highest BCUT2D eigenvalue weighted by atomic mass is 35.5. The molecule has 3 amide bonds. The SMILES string of the molecule is COc1ccc(N2C(=O)C(Cl)=C(Nc3cc(C(=O)Nc4c(C(C)C)cccc4C(C)C)ccc3C)C2=O)cc1. The molecule has 8 heteroatoms. The second kappa shape index (κ2) is 11.3. The zero-order chi connectivity index (χ0) is 28.4. The van der Waals surface area contributed by atoms with Crippen molar-refractivity contribution in [3.8, 4) is 5.75 Å². The molecule has 0 unspecified atom stereocenters. The standard InChI is InChI=1S/C31H32ClN3O4/c1-17(2)23-8-7-9-24(18(3)4)27(23)34-29(36)20-11-10-19(5)25(16-20)33-28-26(32)30(37)35(31(28)38)21-12-14-22(39-6)15-13-21/h7-18,33H,1-6H3,(H,34,36). The minimum Gasteiger partial charge on any atom is -0.497 e. The number of carbonyl (C=O) groups excluding carboxylic acids is 3. The number of hydrogen-bond acceptors (Lipinski definition) is 5. The molecular weight excluding hydrogens is 514 g/mol. The Hall–Kier alpha value is -4.10. The van der Waals surface area contributed by atoms with Crippen molar-refractivity contribution < 1.29 is 19.1 Å². The van der Waals surface area contributed by atoms with Crippen LogP contribution in [0.1, 0.15) is 66.6 Å².